The third kappa shape index (κ3) is 6.90. The number of carbonyl (C=O) groups excluding carboxylic acids is 1. The minimum absolute atomic E-state index is 0.0323. The summed E-state index contributed by atoms with van der Waals surface area (Å²) < 4.78 is 29.1. The predicted molar refractivity (Wildman–Crippen MR) is 151 cm³/mol. The van der Waals surface area contributed by atoms with Crippen LogP contribution in [-0.2, 0) is 21.3 Å². The number of sulfonamides is 1. The number of nitrogens with zero attached hydrogens (tertiary/aromatic N) is 2. The Morgan fingerprint density at radius 3 is 2.68 bits per heavy atom. The maximum absolute atomic E-state index is 13.5. The average Bonchev–Trinajstić information content (AvgIpc) is 3.70. The molecule has 0 saturated heterocycles. The van der Waals surface area contributed by atoms with Crippen LogP contribution in [0.15, 0.2) is 59.6 Å². The molecule has 1 aliphatic rings. The highest BCUT2D eigenvalue weighted by molar-refractivity contribution is 14.1. The molecule has 0 radical (unpaired) electrons. The standard InChI is InChI=1S/C25H26ClIN4O5S/c1-31(19-8-10-28-18(13-19)9-11-32)37(34,35)20-5-6-21(25(33)30-36-15-16-2-3-16)24(14-20)29-23-7-4-17(27)12-22(23)26/h4-8,10,12-14,16,29,32H,2-3,9,11,15H2,1H3,(H,30,33). The Balaban J connectivity index is 1.67. The van der Waals surface area contributed by atoms with Crippen molar-refractivity contribution in [2.75, 3.05) is 29.9 Å². The number of aliphatic hydroxyl groups excluding tert-OH is 1. The van der Waals surface area contributed by atoms with Crippen LogP contribution in [0.25, 0.3) is 0 Å². The number of aliphatic hydroxyl groups is 1. The van der Waals surface area contributed by atoms with E-state index in [-0.39, 0.29) is 22.8 Å². The quantitative estimate of drug-likeness (QED) is 0.205. The van der Waals surface area contributed by atoms with Crippen LogP contribution in [-0.4, -0.2) is 44.7 Å². The number of anilines is 3. The molecule has 196 valence electrons. The average molecular weight is 657 g/mol. The third-order valence-corrected chi connectivity index (χ3v) is 8.57. The summed E-state index contributed by atoms with van der Waals surface area (Å²) in [6.45, 7) is 0.329. The molecule has 1 amide bonds. The van der Waals surface area contributed by atoms with Gasteiger partial charge in [0, 0.05) is 35.5 Å². The second-order valence-corrected chi connectivity index (χ2v) is 12.2. The smallest absolute Gasteiger partial charge is 0.276 e. The summed E-state index contributed by atoms with van der Waals surface area (Å²) in [7, 11) is -2.58. The zero-order valence-electron chi connectivity index (χ0n) is 19.9. The first-order valence-electron chi connectivity index (χ1n) is 11.5. The molecule has 3 N–H and O–H groups in total. The molecule has 0 bridgehead atoms. The first-order valence-corrected chi connectivity index (χ1v) is 14.4. The van der Waals surface area contributed by atoms with E-state index in [1.807, 2.05) is 6.07 Å². The Hall–Kier alpha value is -2.45. The van der Waals surface area contributed by atoms with Gasteiger partial charge < -0.3 is 10.4 Å². The number of rotatable bonds is 11. The van der Waals surface area contributed by atoms with Crippen molar-refractivity contribution in [3.63, 3.8) is 0 Å². The highest BCUT2D eigenvalue weighted by atomic mass is 127. The van der Waals surface area contributed by atoms with Crippen molar-refractivity contribution in [3.8, 4) is 0 Å². The van der Waals surface area contributed by atoms with Crippen molar-refractivity contribution in [2.45, 2.75) is 24.2 Å². The fourth-order valence-electron chi connectivity index (χ4n) is 3.50. The molecule has 1 aliphatic carbocycles. The first-order chi connectivity index (χ1) is 17.7. The number of hydrogen-bond acceptors (Lipinski definition) is 7. The van der Waals surface area contributed by atoms with Crippen LogP contribution in [0, 0.1) is 9.49 Å². The molecule has 12 heteroatoms. The van der Waals surface area contributed by atoms with Crippen molar-refractivity contribution in [1.82, 2.24) is 10.5 Å². The van der Waals surface area contributed by atoms with Crippen LogP contribution in [0.2, 0.25) is 5.02 Å². The Labute approximate surface area is 234 Å². The summed E-state index contributed by atoms with van der Waals surface area (Å²) in [5.41, 5.74) is 4.36. The Kier molecular flexibility index (Phi) is 8.90. The summed E-state index contributed by atoms with van der Waals surface area (Å²) in [4.78, 5) is 22.4. The van der Waals surface area contributed by atoms with E-state index in [1.165, 1.54) is 31.4 Å². The van der Waals surface area contributed by atoms with E-state index in [4.69, 9.17) is 16.4 Å². The number of carbonyl (C=O) groups is 1. The van der Waals surface area contributed by atoms with Gasteiger partial charge in [-0.25, -0.2) is 13.9 Å². The van der Waals surface area contributed by atoms with E-state index in [9.17, 15) is 18.3 Å². The molecule has 0 unspecified atom stereocenters. The van der Waals surface area contributed by atoms with Crippen molar-refractivity contribution in [3.05, 3.63) is 74.6 Å². The van der Waals surface area contributed by atoms with Crippen LogP contribution < -0.4 is 15.1 Å². The summed E-state index contributed by atoms with van der Waals surface area (Å²) in [5, 5.41) is 12.7. The number of amides is 1. The fourth-order valence-corrected chi connectivity index (χ4v) is 5.61. The van der Waals surface area contributed by atoms with Crippen LogP contribution in [0.3, 0.4) is 0 Å². The van der Waals surface area contributed by atoms with Gasteiger partial charge in [0.25, 0.3) is 15.9 Å². The monoisotopic (exact) mass is 656 g/mol. The molecule has 1 aromatic heterocycles. The number of nitrogens with one attached hydrogen (secondary N) is 2. The van der Waals surface area contributed by atoms with Gasteiger partial charge in [-0.3, -0.25) is 18.9 Å². The molecular formula is C25H26ClIN4O5S. The summed E-state index contributed by atoms with van der Waals surface area (Å²) in [6, 6.07) is 12.7. The van der Waals surface area contributed by atoms with Gasteiger partial charge in [0.05, 0.1) is 39.2 Å². The van der Waals surface area contributed by atoms with Crippen LogP contribution in [0.1, 0.15) is 28.9 Å². The van der Waals surface area contributed by atoms with Gasteiger partial charge in [0.15, 0.2) is 0 Å². The summed E-state index contributed by atoms with van der Waals surface area (Å²) >= 11 is 8.53. The minimum Gasteiger partial charge on any atom is -0.396 e. The van der Waals surface area contributed by atoms with Gasteiger partial charge in [0.2, 0.25) is 0 Å². The van der Waals surface area contributed by atoms with E-state index in [0.29, 0.717) is 41.0 Å². The van der Waals surface area contributed by atoms with Gasteiger partial charge in [-0.2, -0.15) is 0 Å². The van der Waals surface area contributed by atoms with Crippen molar-refractivity contribution < 1.29 is 23.2 Å². The van der Waals surface area contributed by atoms with Crippen LogP contribution in [0.5, 0.6) is 0 Å². The zero-order chi connectivity index (χ0) is 26.6. The van der Waals surface area contributed by atoms with Gasteiger partial charge >= 0.3 is 0 Å². The molecular weight excluding hydrogens is 631 g/mol. The number of benzene rings is 2. The number of hydroxylamine groups is 1. The Morgan fingerprint density at radius 2 is 1.97 bits per heavy atom. The van der Waals surface area contributed by atoms with Gasteiger partial charge in [0.1, 0.15) is 0 Å². The maximum atomic E-state index is 13.5. The molecule has 0 atom stereocenters. The molecule has 1 saturated carbocycles. The second kappa shape index (κ2) is 11.9. The van der Waals surface area contributed by atoms with Crippen molar-refractivity contribution >= 4 is 67.2 Å². The van der Waals surface area contributed by atoms with E-state index < -0.39 is 15.9 Å². The molecule has 1 fully saturated rings. The molecule has 1 heterocycles. The molecule has 3 aromatic rings. The number of hydrogen-bond donors (Lipinski definition) is 3. The highest BCUT2D eigenvalue weighted by Gasteiger charge is 2.25. The summed E-state index contributed by atoms with van der Waals surface area (Å²) in [5.74, 6) is -0.0532. The van der Waals surface area contributed by atoms with Gasteiger partial charge in [-0.1, -0.05) is 11.6 Å². The van der Waals surface area contributed by atoms with Gasteiger partial charge in [-0.15, -0.1) is 0 Å². The van der Waals surface area contributed by atoms with Crippen LogP contribution in [0.4, 0.5) is 17.1 Å². The fraction of sp³-hybridized carbons (Fsp3) is 0.280. The largest absolute Gasteiger partial charge is 0.396 e. The number of halogens is 2. The van der Waals surface area contributed by atoms with Crippen molar-refractivity contribution in [2.24, 2.45) is 5.92 Å². The summed E-state index contributed by atoms with van der Waals surface area (Å²) in [6.07, 6.45) is 3.95. The molecule has 4 rings (SSSR count). The molecule has 0 aliphatic heterocycles. The van der Waals surface area contributed by atoms with E-state index in [1.54, 1.807) is 24.3 Å². The molecule has 37 heavy (non-hydrogen) atoms. The lowest BCUT2D eigenvalue weighted by atomic mass is 10.1. The minimum atomic E-state index is -4.01. The van der Waals surface area contributed by atoms with Crippen molar-refractivity contribution in [1.29, 1.82) is 0 Å². The Morgan fingerprint density at radius 1 is 1.19 bits per heavy atom. The topological polar surface area (TPSA) is 121 Å². The lowest BCUT2D eigenvalue weighted by Crippen LogP contribution is -2.28. The molecule has 0 spiro atoms. The van der Waals surface area contributed by atoms with Crippen LogP contribution >= 0.6 is 34.2 Å². The lowest BCUT2D eigenvalue weighted by molar-refractivity contribution is 0.0271. The predicted octanol–water partition coefficient (Wildman–Crippen LogP) is 4.51. The SMILES string of the molecule is CN(c1ccnc(CCO)c1)S(=O)(=O)c1ccc(C(=O)NOCC2CC2)c(Nc2ccc(I)cc2Cl)c1. The lowest BCUT2D eigenvalue weighted by Gasteiger charge is -2.21. The highest BCUT2D eigenvalue weighted by Crippen LogP contribution is 2.32. The maximum Gasteiger partial charge on any atom is 0.276 e. The molecule has 2 aromatic carbocycles. The normalized spacial score (nSPS) is 13.3. The van der Waals surface area contributed by atoms with E-state index >= 15 is 0 Å². The van der Waals surface area contributed by atoms with E-state index in [2.05, 4.69) is 38.4 Å². The number of pyridine rings is 1. The Bertz CT molecular complexity index is 1400. The number of aromatic nitrogens is 1. The third-order valence-electron chi connectivity index (χ3n) is 5.81. The van der Waals surface area contributed by atoms with E-state index in [0.717, 1.165) is 20.7 Å². The second-order valence-electron chi connectivity index (χ2n) is 8.59. The zero-order valence-corrected chi connectivity index (χ0v) is 23.7. The molecule has 9 nitrogen and oxygen atoms in total. The van der Waals surface area contributed by atoms with Gasteiger partial charge in [-0.05, 0) is 89.9 Å². The first kappa shape index (κ1) is 27.6.